The van der Waals surface area contributed by atoms with Crippen molar-refractivity contribution in [1.29, 1.82) is 0 Å². The van der Waals surface area contributed by atoms with E-state index in [4.69, 9.17) is 18.5 Å². The number of nitrogens with zero attached hydrogens (tertiary/aromatic N) is 1. The molecular weight excluding hydrogens is 1280 g/mol. The summed E-state index contributed by atoms with van der Waals surface area (Å²) >= 11 is 0. The van der Waals surface area contributed by atoms with E-state index in [1.54, 1.807) is 0 Å². The van der Waals surface area contributed by atoms with Gasteiger partial charge in [0.05, 0.1) is 27.7 Å². The summed E-state index contributed by atoms with van der Waals surface area (Å²) in [6.45, 7) is 4.40. The first kappa shape index (κ1) is 99.5. The Kier molecular flexibility index (Phi) is 80.4. The van der Waals surface area contributed by atoms with Gasteiger partial charge in [0, 0.05) is 12.8 Å². The molecule has 598 valence electrons. The highest BCUT2D eigenvalue weighted by Gasteiger charge is 2.27. The van der Waals surface area contributed by atoms with Gasteiger partial charge in [-0.1, -0.05) is 446 Å². The quantitative estimate of drug-likeness (QED) is 0.0211. The van der Waals surface area contributed by atoms with Crippen molar-refractivity contribution in [2.24, 2.45) is 0 Å². The number of hydrogen-bond acceptors (Lipinski definition) is 7. The van der Waals surface area contributed by atoms with Crippen LogP contribution in [0.2, 0.25) is 0 Å². The normalized spacial score (nSPS) is 13.3. The molecule has 0 saturated carbocycles. The summed E-state index contributed by atoms with van der Waals surface area (Å²) in [5.41, 5.74) is 0. The van der Waals surface area contributed by atoms with Crippen molar-refractivity contribution in [2.75, 3.05) is 47.5 Å². The number of ether oxygens (including phenoxy) is 2. The number of hydrogen-bond donors (Lipinski definition) is 1. The van der Waals surface area contributed by atoms with Gasteiger partial charge in [-0.3, -0.25) is 18.6 Å². The van der Waals surface area contributed by atoms with Crippen molar-refractivity contribution >= 4 is 19.8 Å². The highest BCUT2D eigenvalue weighted by molar-refractivity contribution is 7.47. The summed E-state index contributed by atoms with van der Waals surface area (Å²) in [6.07, 6.45) is 114. The number of likely N-dealkylation sites (N-methyl/N-ethyl adjacent to an activating group) is 1. The Balaban J connectivity index is 3.86. The first-order valence-corrected chi connectivity index (χ1v) is 46.2. The van der Waals surface area contributed by atoms with Gasteiger partial charge in [0.1, 0.15) is 19.8 Å². The highest BCUT2D eigenvalue weighted by atomic mass is 31.2. The molecule has 9 nitrogen and oxygen atoms in total. The van der Waals surface area contributed by atoms with Gasteiger partial charge in [0.15, 0.2) is 6.10 Å². The molecule has 0 amide bonds. The number of quaternary nitrogens is 1. The van der Waals surface area contributed by atoms with Gasteiger partial charge in [-0.25, -0.2) is 4.57 Å². The lowest BCUT2D eigenvalue weighted by molar-refractivity contribution is -0.870. The van der Waals surface area contributed by atoms with Crippen molar-refractivity contribution in [3.8, 4) is 0 Å². The summed E-state index contributed by atoms with van der Waals surface area (Å²) in [6, 6.07) is 0. The molecule has 0 fully saturated rings. The molecule has 1 N–H and O–H groups in total. The largest absolute Gasteiger partial charge is 0.472 e. The molecule has 0 saturated heterocycles. The molecule has 0 aromatic heterocycles. The van der Waals surface area contributed by atoms with E-state index in [9.17, 15) is 19.0 Å². The molecule has 0 aromatic carbocycles. The van der Waals surface area contributed by atoms with Crippen LogP contribution in [0, 0.1) is 0 Å². The second-order valence-corrected chi connectivity index (χ2v) is 33.1. The zero-order valence-electron chi connectivity index (χ0n) is 68.6. The standard InChI is InChI=1S/C92H172NO8P/c1-6-8-10-12-14-16-18-20-22-24-26-28-30-32-34-36-38-40-42-44-46-48-50-52-54-56-58-60-62-64-66-68-70-72-74-76-78-80-82-84-91(94)98-88-90(89-100-102(96,97)99-87-86-93(3,4)5)101-92(95)85-83-81-79-77-75-73-71-69-67-65-63-61-59-57-55-53-51-49-47-45-43-41-39-37-35-33-31-29-27-25-23-21-19-17-15-13-11-9-7-2/h9,11,15,17,21,23,27,29,33,35,39,41,90H,6-8,10,12-14,16,18-20,22,24-26,28,30-32,34,36-38,40,42-89H2,1-5H3/p+1/b11-9-,17-15-,23-21-,29-27-,35-33-,41-39-. The van der Waals surface area contributed by atoms with Crippen LogP contribution in [-0.2, 0) is 32.7 Å². The minimum atomic E-state index is -4.40. The Morgan fingerprint density at radius 1 is 0.314 bits per heavy atom. The molecule has 2 atom stereocenters. The summed E-state index contributed by atoms with van der Waals surface area (Å²) in [5.74, 6) is -0.772. The molecule has 0 spiro atoms. The van der Waals surface area contributed by atoms with Crippen LogP contribution in [0.25, 0.3) is 0 Å². The first-order chi connectivity index (χ1) is 50.0. The number of carbonyl (C=O) groups is 2. The molecular formula is C92H173NO8P+. The van der Waals surface area contributed by atoms with E-state index in [0.717, 1.165) is 70.6 Å². The molecule has 102 heavy (non-hydrogen) atoms. The van der Waals surface area contributed by atoms with Gasteiger partial charge >= 0.3 is 19.8 Å². The van der Waals surface area contributed by atoms with Crippen molar-refractivity contribution < 1.29 is 42.1 Å². The number of allylic oxidation sites excluding steroid dienone is 12. The summed E-state index contributed by atoms with van der Waals surface area (Å²) in [7, 11) is 1.50. The minimum absolute atomic E-state index is 0.0338. The van der Waals surface area contributed by atoms with Gasteiger partial charge < -0.3 is 18.9 Å². The Bertz CT molecular complexity index is 1950. The Morgan fingerprint density at radius 3 is 0.833 bits per heavy atom. The van der Waals surface area contributed by atoms with Crippen molar-refractivity contribution in [3.63, 3.8) is 0 Å². The van der Waals surface area contributed by atoms with E-state index in [2.05, 4.69) is 86.8 Å². The molecule has 2 unspecified atom stereocenters. The third kappa shape index (κ3) is 86.4. The lowest BCUT2D eigenvalue weighted by Gasteiger charge is -2.24. The van der Waals surface area contributed by atoms with Crippen LogP contribution in [0.1, 0.15) is 450 Å². The molecule has 0 aromatic rings. The fourth-order valence-electron chi connectivity index (χ4n) is 13.5. The average molecular weight is 1450 g/mol. The minimum Gasteiger partial charge on any atom is -0.462 e. The molecule has 0 aliphatic heterocycles. The van der Waals surface area contributed by atoms with Crippen LogP contribution in [0.3, 0.4) is 0 Å². The topological polar surface area (TPSA) is 108 Å². The summed E-state index contributed by atoms with van der Waals surface area (Å²) < 4.78 is 34.9. The highest BCUT2D eigenvalue weighted by Crippen LogP contribution is 2.43. The fourth-order valence-corrected chi connectivity index (χ4v) is 14.2. The van der Waals surface area contributed by atoms with E-state index in [1.807, 2.05) is 21.1 Å². The molecule has 0 aliphatic rings. The van der Waals surface area contributed by atoms with Gasteiger partial charge in [-0.15, -0.1) is 0 Å². The predicted molar refractivity (Wildman–Crippen MR) is 446 cm³/mol. The smallest absolute Gasteiger partial charge is 0.462 e. The van der Waals surface area contributed by atoms with E-state index < -0.39 is 26.5 Å². The van der Waals surface area contributed by atoms with Crippen LogP contribution in [-0.4, -0.2) is 74.9 Å². The second-order valence-electron chi connectivity index (χ2n) is 31.6. The van der Waals surface area contributed by atoms with Crippen LogP contribution < -0.4 is 0 Å². The van der Waals surface area contributed by atoms with Crippen molar-refractivity contribution in [1.82, 2.24) is 0 Å². The Hall–Kier alpha value is -2.55. The maximum atomic E-state index is 12.9. The van der Waals surface area contributed by atoms with E-state index in [-0.39, 0.29) is 25.6 Å². The van der Waals surface area contributed by atoms with Gasteiger partial charge in [0.25, 0.3) is 0 Å². The fraction of sp³-hybridized carbons (Fsp3) is 0.848. The maximum Gasteiger partial charge on any atom is 0.472 e. The zero-order valence-corrected chi connectivity index (χ0v) is 69.5. The summed E-state index contributed by atoms with van der Waals surface area (Å²) in [4.78, 5) is 36.1. The van der Waals surface area contributed by atoms with Crippen LogP contribution in [0.5, 0.6) is 0 Å². The number of phosphoric ester groups is 1. The average Bonchev–Trinajstić information content (AvgIpc) is 0.914. The van der Waals surface area contributed by atoms with Crippen LogP contribution in [0.4, 0.5) is 0 Å². The molecule has 0 bridgehead atoms. The lowest BCUT2D eigenvalue weighted by atomic mass is 10.0. The number of unbranched alkanes of at least 4 members (excludes halogenated alkanes) is 58. The third-order valence-corrected chi connectivity index (χ3v) is 21.2. The SMILES string of the molecule is CC/C=C\C/C=C\C/C=C\C/C=C\C/C=C\C/C=C\CCCCCCCCCCCCCCCCCCCCCCC(=O)OC(COC(=O)CCCCCCCCCCCCCCCCCCCCCCCCCCCCCCCCCCCCCCCCC)COP(=O)(O)OCC[N+](C)(C)C. The van der Waals surface area contributed by atoms with Gasteiger partial charge in [0.2, 0.25) is 0 Å². The molecule has 0 heterocycles. The Labute approximate surface area is 635 Å². The predicted octanol–water partition coefficient (Wildman–Crippen LogP) is 30.2. The van der Waals surface area contributed by atoms with E-state index in [1.165, 1.54) is 347 Å². The van der Waals surface area contributed by atoms with Gasteiger partial charge in [-0.05, 0) is 64.2 Å². The monoisotopic (exact) mass is 1450 g/mol. The molecule has 10 heteroatoms. The zero-order chi connectivity index (χ0) is 74.0. The number of rotatable bonds is 84. The van der Waals surface area contributed by atoms with Gasteiger partial charge in [-0.2, -0.15) is 0 Å². The summed E-state index contributed by atoms with van der Waals surface area (Å²) in [5, 5.41) is 0. The van der Waals surface area contributed by atoms with Crippen LogP contribution >= 0.6 is 7.82 Å². The van der Waals surface area contributed by atoms with E-state index in [0.29, 0.717) is 23.9 Å². The number of carbonyl (C=O) groups excluding carboxylic acids is 2. The molecule has 0 radical (unpaired) electrons. The first-order valence-electron chi connectivity index (χ1n) is 44.7. The van der Waals surface area contributed by atoms with Crippen molar-refractivity contribution in [2.45, 2.75) is 457 Å². The number of esters is 2. The Morgan fingerprint density at radius 2 is 0.559 bits per heavy atom. The van der Waals surface area contributed by atoms with Crippen LogP contribution in [0.15, 0.2) is 72.9 Å². The second kappa shape index (κ2) is 82.5. The van der Waals surface area contributed by atoms with Crippen molar-refractivity contribution in [3.05, 3.63) is 72.9 Å². The van der Waals surface area contributed by atoms with E-state index >= 15 is 0 Å². The molecule has 0 rings (SSSR count). The third-order valence-electron chi connectivity index (χ3n) is 20.3. The molecule has 0 aliphatic carbocycles. The maximum absolute atomic E-state index is 12.9. The number of phosphoric acid groups is 1. The lowest BCUT2D eigenvalue weighted by Crippen LogP contribution is -2.37.